The van der Waals surface area contributed by atoms with Gasteiger partial charge in [0.15, 0.2) is 0 Å². The van der Waals surface area contributed by atoms with E-state index in [1.54, 1.807) is 19.1 Å². The molecule has 0 aliphatic carbocycles. The van der Waals surface area contributed by atoms with E-state index in [4.69, 9.17) is 0 Å². The van der Waals surface area contributed by atoms with Crippen molar-refractivity contribution in [3.63, 3.8) is 0 Å². The Hall–Kier alpha value is -1.70. The van der Waals surface area contributed by atoms with Gasteiger partial charge in [0.2, 0.25) is 0 Å². The molecule has 0 atom stereocenters. The zero-order valence-corrected chi connectivity index (χ0v) is 11.2. The molecule has 0 unspecified atom stereocenters. The highest BCUT2D eigenvalue weighted by Gasteiger charge is 1.93. The molecule has 0 N–H and O–H groups in total. The van der Waals surface area contributed by atoms with Crippen molar-refractivity contribution in [3.05, 3.63) is 70.3 Å². The maximum atomic E-state index is 12.5. The van der Waals surface area contributed by atoms with Gasteiger partial charge >= 0.3 is 0 Å². The predicted molar refractivity (Wildman–Crippen MR) is 71.7 cm³/mol. The van der Waals surface area contributed by atoms with Crippen LogP contribution in [0.3, 0.4) is 0 Å². The Morgan fingerprint density at radius 1 is 0.667 bits per heavy atom. The molecule has 2 heteroatoms. The van der Waals surface area contributed by atoms with Crippen LogP contribution in [-0.4, -0.2) is 0 Å². The van der Waals surface area contributed by atoms with Crippen molar-refractivity contribution in [3.8, 4) is 0 Å². The minimum atomic E-state index is -0.155. The summed E-state index contributed by atoms with van der Waals surface area (Å²) in [4.78, 5) is 0. The van der Waals surface area contributed by atoms with Gasteiger partial charge in [-0.3, -0.25) is 0 Å². The largest absolute Gasteiger partial charge is 0.207 e. The van der Waals surface area contributed by atoms with Crippen LogP contribution in [0.1, 0.15) is 22.3 Å². The van der Waals surface area contributed by atoms with Gasteiger partial charge in [0.1, 0.15) is 11.6 Å². The van der Waals surface area contributed by atoms with Crippen molar-refractivity contribution in [1.82, 2.24) is 0 Å². The van der Waals surface area contributed by atoms with Crippen molar-refractivity contribution in [1.29, 1.82) is 0 Å². The fourth-order valence-corrected chi connectivity index (χ4v) is 1.50. The Balaban J connectivity index is 0.000000180. The third-order valence-electron chi connectivity index (χ3n) is 2.78. The van der Waals surface area contributed by atoms with E-state index in [0.717, 1.165) is 22.3 Å². The summed E-state index contributed by atoms with van der Waals surface area (Å²) in [6, 6.07) is 9.88. The van der Waals surface area contributed by atoms with Crippen molar-refractivity contribution in [2.24, 2.45) is 0 Å². The van der Waals surface area contributed by atoms with Gasteiger partial charge in [0.25, 0.3) is 0 Å². The minimum absolute atomic E-state index is 0.124. The molecule has 0 aliphatic rings. The van der Waals surface area contributed by atoms with Crippen LogP contribution in [0, 0.1) is 39.3 Å². The number of hydrogen-bond donors (Lipinski definition) is 0. The Kier molecular flexibility index (Phi) is 5.02. The Morgan fingerprint density at radius 3 is 1.78 bits per heavy atom. The van der Waals surface area contributed by atoms with E-state index in [1.807, 2.05) is 26.8 Å². The molecule has 0 radical (unpaired) electrons. The molecule has 2 rings (SSSR count). The summed E-state index contributed by atoms with van der Waals surface area (Å²) in [5, 5.41) is 0. The van der Waals surface area contributed by atoms with Crippen LogP contribution >= 0.6 is 0 Å². The van der Waals surface area contributed by atoms with Gasteiger partial charge in [-0.2, -0.15) is 0 Å². The van der Waals surface area contributed by atoms with Crippen LogP contribution in [0.5, 0.6) is 0 Å². The highest BCUT2D eigenvalue weighted by Crippen LogP contribution is 2.07. The molecular formula is C16H18F2. The zero-order valence-electron chi connectivity index (χ0n) is 11.2. The summed E-state index contributed by atoms with van der Waals surface area (Å²) >= 11 is 0. The minimum Gasteiger partial charge on any atom is -0.207 e. The first-order valence-corrected chi connectivity index (χ1v) is 5.85. The lowest BCUT2D eigenvalue weighted by Crippen LogP contribution is -1.81. The summed E-state index contributed by atoms with van der Waals surface area (Å²) in [5.74, 6) is -0.279. The molecule has 96 valence electrons. The Labute approximate surface area is 107 Å². The molecule has 0 aromatic heterocycles. The molecule has 0 saturated carbocycles. The molecule has 0 spiro atoms. The third kappa shape index (κ3) is 4.28. The second-order valence-electron chi connectivity index (χ2n) is 4.48. The van der Waals surface area contributed by atoms with Crippen molar-refractivity contribution < 1.29 is 8.78 Å². The first-order chi connectivity index (χ1) is 8.40. The van der Waals surface area contributed by atoms with Crippen LogP contribution in [-0.2, 0) is 0 Å². The maximum absolute atomic E-state index is 12.5. The van der Waals surface area contributed by atoms with Gasteiger partial charge < -0.3 is 0 Å². The molecule has 0 nitrogen and oxygen atoms in total. The van der Waals surface area contributed by atoms with Gasteiger partial charge in [-0.1, -0.05) is 23.8 Å². The van der Waals surface area contributed by atoms with E-state index < -0.39 is 0 Å². The molecule has 18 heavy (non-hydrogen) atoms. The fourth-order valence-electron chi connectivity index (χ4n) is 1.50. The van der Waals surface area contributed by atoms with Crippen LogP contribution in [0.25, 0.3) is 0 Å². The molecule has 0 saturated heterocycles. The molecule has 0 amide bonds. The van der Waals surface area contributed by atoms with Crippen LogP contribution in [0.2, 0.25) is 0 Å². The predicted octanol–water partition coefficient (Wildman–Crippen LogP) is 4.89. The van der Waals surface area contributed by atoms with E-state index in [9.17, 15) is 8.78 Å². The van der Waals surface area contributed by atoms with E-state index in [2.05, 4.69) is 0 Å². The third-order valence-corrected chi connectivity index (χ3v) is 2.78. The van der Waals surface area contributed by atoms with Gasteiger partial charge in [-0.25, -0.2) is 8.78 Å². The van der Waals surface area contributed by atoms with E-state index >= 15 is 0 Å². The summed E-state index contributed by atoms with van der Waals surface area (Å²) < 4.78 is 24.8. The molecule has 0 aliphatic heterocycles. The van der Waals surface area contributed by atoms with Gasteiger partial charge in [0, 0.05) is 0 Å². The highest BCUT2D eigenvalue weighted by molar-refractivity contribution is 5.24. The van der Waals surface area contributed by atoms with Crippen molar-refractivity contribution in [2.75, 3.05) is 0 Å². The maximum Gasteiger partial charge on any atom is 0.126 e. The van der Waals surface area contributed by atoms with Crippen molar-refractivity contribution >= 4 is 0 Å². The summed E-state index contributed by atoms with van der Waals surface area (Å²) in [6.07, 6.45) is 0. The van der Waals surface area contributed by atoms with Crippen LogP contribution in [0.4, 0.5) is 8.78 Å². The summed E-state index contributed by atoms with van der Waals surface area (Å²) in [6.45, 7) is 7.59. The summed E-state index contributed by atoms with van der Waals surface area (Å²) in [5.41, 5.74) is 3.97. The van der Waals surface area contributed by atoms with Crippen LogP contribution in [0.15, 0.2) is 36.4 Å². The monoisotopic (exact) mass is 248 g/mol. The lowest BCUT2D eigenvalue weighted by molar-refractivity contribution is 0.618. The number of rotatable bonds is 0. The first-order valence-electron chi connectivity index (χ1n) is 5.85. The normalized spacial score (nSPS) is 9.67. The SMILES string of the molecule is Cc1ccc(F)c(C)c1.Cc1ccc(F)cc1C. The molecule has 0 fully saturated rings. The molecule has 0 heterocycles. The zero-order chi connectivity index (χ0) is 13.7. The Morgan fingerprint density at radius 2 is 1.33 bits per heavy atom. The van der Waals surface area contributed by atoms with Gasteiger partial charge in [-0.05, 0) is 62.6 Å². The quantitative estimate of drug-likeness (QED) is 0.623. The Bertz CT molecular complexity index is 481. The lowest BCUT2D eigenvalue weighted by Gasteiger charge is -1.96. The lowest BCUT2D eigenvalue weighted by atomic mass is 10.1. The molecule has 2 aromatic carbocycles. The van der Waals surface area contributed by atoms with E-state index in [1.165, 1.54) is 18.2 Å². The van der Waals surface area contributed by atoms with Crippen LogP contribution < -0.4 is 0 Å². The number of halogens is 2. The fraction of sp³-hybridized carbons (Fsp3) is 0.250. The smallest absolute Gasteiger partial charge is 0.126 e. The molecule has 2 aromatic rings. The molecular weight excluding hydrogens is 230 g/mol. The number of aryl methyl sites for hydroxylation is 4. The molecule has 0 bridgehead atoms. The van der Waals surface area contributed by atoms with Gasteiger partial charge in [0.05, 0.1) is 0 Å². The van der Waals surface area contributed by atoms with Gasteiger partial charge in [-0.15, -0.1) is 0 Å². The number of hydrogen-bond acceptors (Lipinski definition) is 0. The van der Waals surface area contributed by atoms with E-state index in [0.29, 0.717) is 0 Å². The topological polar surface area (TPSA) is 0 Å². The first kappa shape index (κ1) is 14.4. The second kappa shape index (κ2) is 6.29. The summed E-state index contributed by atoms with van der Waals surface area (Å²) in [7, 11) is 0. The second-order valence-corrected chi connectivity index (χ2v) is 4.48. The number of benzene rings is 2. The average molecular weight is 248 g/mol. The standard InChI is InChI=1S/2C8H9F/c1-6-3-4-8(9)5-7(6)2;1-6-3-4-8(9)7(2)5-6/h2*3-5H,1-2H3. The average Bonchev–Trinajstić information content (AvgIpc) is 2.30. The van der Waals surface area contributed by atoms with Crippen molar-refractivity contribution in [2.45, 2.75) is 27.7 Å². The highest BCUT2D eigenvalue weighted by atomic mass is 19.1. The van der Waals surface area contributed by atoms with E-state index in [-0.39, 0.29) is 11.6 Å².